The Morgan fingerprint density at radius 2 is 1.00 bits per heavy atom. The first-order valence-corrected chi connectivity index (χ1v) is 6.23. The van der Waals surface area contributed by atoms with Crippen LogP contribution in [-0.2, 0) is 33.9 Å². The second-order valence-electron chi connectivity index (χ2n) is 0.896. The van der Waals surface area contributed by atoms with E-state index in [1.807, 2.05) is 0 Å². The van der Waals surface area contributed by atoms with Crippen molar-refractivity contribution in [1.29, 1.82) is 0 Å². The third-order valence-electron chi connectivity index (χ3n) is 0. The summed E-state index contributed by atoms with van der Waals surface area (Å²) in [5, 5.41) is 0. The van der Waals surface area contributed by atoms with Crippen molar-refractivity contribution in [3.63, 3.8) is 0 Å². The molecule has 0 rings (SSSR count). The second-order valence-corrected chi connectivity index (χ2v) is 3.99. The first kappa shape index (κ1) is 17.6. The van der Waals surface area contributed by atoms with Gasteiger partial charge in [-0.15, -0.1) is 0 Å². The van der Waals surface area contributed by atoms with Crippen LogP contribution in [0.4, 0.5) is 0 Å². The van der Waals surface area contributed by atoms with E-state index in [0.29, 0.717) is 0 Å². The van der Waals surface area contributed by atoms with E-state index in [1.54, 1.807) is 0 Å². The summed E-state index contributed by atoms with van der Waals surface area (Å²) in [5.41, 5.74) is 0. The molecule has 4 N–H and O–H groups in total. The molecule has 8 nitrogen and oxygen atoms in total. The van der Waals surface area contributed by atoms with Crippen LogP contribution >= 0.6 is 9.90 Å². The van der Waals surface area contributed by atoms with E-state index in [-0.39, 0.29) is 9.90 Å². The van der Waals surface area contributed by atoms with E-state index in [9.17, 15) is 0 Å². The minimum Gasteiger partial charge on any atom is 0 e. The minimum atomic E-state index is -5.52. The Kier molecular flexibility index (Phi) is 9.69. The summed E-state index contributed by atoms with van der Waals surface area (Å²) < 4.78 is 63.6. The van der Waals surface area contributed by atoms with Gasteiger partial charge in [-0.25, -0.2) is 0 Å². The van der Waals surface area contributed by atoms with Crippen molar-refractivity contribution in [1.82, 2.24) is 0 Å². The zero-order chi connectivity index (χ0) is 9.00. The third kappa shape index (κ3) is 2940. The molecule has 0 heterocycles. The van der Waals surface area contributed by atoms with Crippen molar-refractivity contribution < 1.29 is 48.6 Å². The van der Waals surface area contributed by atoms with E-state index in [0.717, 1.165) is 0 Å². The van der Waals surface area contributed by atoms with Gasteiger partial charge in [-0.1, -0.05) is 0 Å². The fraction of sp³-hybridized carbons (Fsp3) is 0. The molecular formula is H4MoO8PS. The van der Waals surface area contributed by atoms with Gasteiger partial charge < -0.3 is 0 Å². The zero-order valence-corrected chi connectivity index (χ0v) is 8.40. The Morgan fingerprint density at radius 1 is 1.00 bits per heavy atom. The van der Waals surface area contributed by atoms with Gasteiger partial charge in [0.25, 0.3) is 0 Å². The van der Waals surface area contributed by atoms with Crippen molar-refractivity contribution in [2.24, 2.45) is 0 Å². The van der Waals surface area contributed by atoms with E-state index >= 15 is 0 Å². The topological polar surface area (TPSA) is 149 Å². The molecule has 0 unspecified atom stereocenters. The fourth-order valence-corrected chi connectivity index (χ4v) is 0. The van der Waals surface area contributed by atoms with Gasteiger partial charge in [-0.3, -0.25) is 9.11 Å². The first-order chi connectivity index (χ1) is 4.00. The van der Waals surface area contributed by atoms with E-state index in [1.165, 1.54) is 0 Å². The zero-order valence-electron chi connectivity index (χ0n) is 4.69. The SMILES string of the molecule is O=S(=O)(O)O.[O]=[Mo](=[O])([OH])[OH].[P]. The van der Waals surface area contributed by atoms with Crippen LogP contribution in [0.2, 0.25) is 0 Å². The summed E-state index contributed by atoms with van der Waals surface area (Å²) in [5.74, 6) is 0. The van der Waals surface area contributed by atoms with Gasteiger partial charge >= 0.3 is 41.5 Å². The van der Waals surface area contributed by atoms with E-state index in [2.05, 4.69) is 0 Å². The van der Waals surface area contributed by atoms with Crippen LogP contribution in [0.5, 0.6) is 0 Å². The maximum Gasteiger partial charge on any atom is 0 e. The van der Waals surface area contributed by atoms with Gasteiger partial charge in [0.05, 0.1) is 0 Å². The molecule has 0 amide bonds. The van der Waals surface area contributed by atoms with Gasteiger partial charge in [0.15, 0.2) is 0 Å². The molecule has 11 heteroatoms. The Labute approximate surface area is 69.2 Å². The molecule has 0 fully saturated rings. The van der Waals surface area contributed by atoms with Gasteiger partial charge in [-0.05, 0) is 0 Å². The molecule has 69 valence electrons. The summed E-state index contributed by atoms with van der Waals surface area (Å²) in [6.45, 7) is 0. The molecule has 0 spiro atoms. The summed E-state index contributed by atoms with van der Waals surface area (Å²) in [7, 11) is -4.67. The van der Waals surface area contributed by atoms with E-state index in [4.69, 9.17) is 31.8 Å². The molecule has 0 saturated heterocycles. The predicted octanol–water partition coefficient (Wildman–Crippen LogP) is -1.15. The Bertz CT molecular complexity index is 210. The summed E-state index contributed by atoms with van der Waals surface area (Å²) in [6, 6.07) is 0. The second kappa shape index (κ2) is 6.07. The van der Waals surface area contributed by atoms with E-state index < -0.39 is 27.1 Å². The van der Waals surface area contributed by atoms with Crippen LogP contribution in [0, 0.1) is 0 Å². The number of rotatable bonds is 0. The van der Waals surface area contributed by atoms with Crippen LogP contribution in [0.15, 0.2) is 0 Å². The number of hydrogen-bond acceptors (Lipinski definition) is 4. The molecule has 11 heavy (non-hydrogen) atoms. The average Bonchev–Trinajstić information content (AvgIpc) is 1.12. The summed E-state index contributed by atoms with van der Waals surface area (Å²) in [6.07, 6.45) is 0. The maximum atomic E-state index is 8.85. The number of hydrogen-bond donors (Lipinski definition) is 4. The predicted molar refractivity (Wildman–Crippen MR) is 26.9 cm³/mol. The molecule has 0 aromatic rings. The fourth-order valence-electron chi connectivity index (χ4n) is 0. The average molecular weight is 291 g/mol. The van der Waals surface area contributed by atoms with Crippen LogP contribution in [0.25, 0.3) is 0 Å². The standard InChI is InChI=1S/Mo.H2O4S.2H2O.2O.P/c;1-5(2,3)4;;;;;/h;(H2,1,2,3,4);2*1H2;;;/q+2;;;;;;/p-2. The molecule has 0 aliphatic carbocycles. The summed E-state index contributed by atoms with van der Waals surface area (Å²) in [4.78, 5) is 0. The van der Waals surface area contributed by atoms with Gasteiger partial charge in [0.2, 0.25) is 0 Å². The van der Waals surface area contributed by atoms with Crippen molar-refractivity contribution >= 4 is 20.3 Å². The Balaban J connectivity index is -0.000000107. The van der Waals surface area contributed by atoms with Crippen LogP contribution in [-0.4, -0.2) is 25.0 Å². The Hall–Kier alpha value is 0.508. The Morgan fingerprint density at radius 3 is 1.00 bits per heavy atom. The largest absolute Gasteiger partial charge is 0 e. The normalized spacial score (nSPS) is 10.5. The maximum absolute atomic E-state index is 8.85. The summed E-state index contributed by atoms with van der Waals surface area (Å²) >= 11 is -5.52. The van der Waals surface area contributed by atoms with Crippen LogP contribution < -0.4 is 0 Å². The minimum absolute atomic E-state index is 0. The molecule has 3 radical (unpaired) electrons. The molecule has 0 saturated carbocycles. The van der Waals surface area contributed by atoms with Gasteiger partial charge in [0, 0.05) is 9.90 Å². The van der Waals surface area contributed by atoms with Crippen molar-refractivity contribution in [2.45, 2.75) is 0 Å². The molecule has 0 atom stereocenters. The van der Waals surface area contributed by atoms with Crippen molar-refractivity contribution in [2.75, 3.05) is 0 Å². The monoisotopic (exact) mass is 293 g/mol. The molecule has 0 aliphatic heterocycles. The first-order valence-electron chi connectivity index (χ1n) is 1.40. The van der Waals surface area contributed by atoms with Crippen LogP contribution in [0.3, 0.4) is 0 Å². The van der Waals surface area contributed by atoms with Gasteiger partial charge in [-0.2, -0.15) is 8.42 Å². The molecule has 0 aliphatic rings. The van der Waals surface area contributed by atoms with Crippen molar-refractivity contribution in [3.8, 4) is 0 Å². The molecular weight excluding hydrogens is 287 g/mol. The van der Waals surface area contributed by atoms with Gasteiger partial charge in [0.1, 0.15) is 0 Å². The quantitative estimate of drug-likeness (QED) is 0.248. The molecule has 0 aromatic heterocycles. The molecule has 0 aromatic carbocycles. The van der Waals surface area contributed by atoms with Crippen molar-refractivity contribution in [3.05, 3.63) is 0 Å². The molecule has 0 bridgehead atoms. The van der Waals surface area contributed by atoms with Crippen LogP contribution in [0.1, 0.15) is 0 Å². The smallest absolute Gasteiger partial charge is 0 e. The third-order valence-corrected chi connectivity index (χ3v) is 0.